The largest absolute Gasteiger partial charge is 0.300 e. The first kappa shape index (κ1) is 17.6. The highest BCUT2D eigenvalue weighted by Crippen LogP contribution is 2.24. The highest BCUT2D eigenvalue weighted by Gasteiger charge is 2.10. The van der Waals surface area contributed by atoms with Crippen LogP contribution in [0.4, 0.5) is 5.13 Å². The molecule has 1 aromatic heterocycles. The molecule has 3 rings (SSSR count). The summed E-state index contributed by atoms with van der Waals surface area (Å²) >= 11 is 2.96. The number of nitrogens with zero attached hydrogens (tertiary/aromatic N) is 2. The Morgan fingerprint density at radius 3 is 2.72 bits per heavy atom. The number of anilines is 1. The number of aromatic nitrogens is 2. The molecule has 3 aromatic rings. The van der Waals surface area contributed by atoms with Gasteiger partial charge in [-0.2, -0.15) is 0 Å². The highest BCUT2D eigenvalue weighted by atomic mass is 32.2. The topological polar surface area (TPSA) is 54.9 Å². The number of carbonyl (C=O) groups excluding carboxylic acids is 1. The standard InChI is InChI=1S/C19H19N3OS2/c1-13-8-9-14(2)16(10-13)24-12-17(23)20-19-22-21-18(25-19)11-15-6-4-3-5-7-15/h3-10H,11-12H2,1-2H3,(H,20,22,23). The van der Waals surface area contributed by atoms with Crippen LogP contribution in [-0.2, 0) is 11.2 Å². The molecule has 0 aliphatic heterocycles. The lowest BCUT2D eigenvalue weighted by Crippen LogP contribution is -2.13. The van der Waals surface area contributed by atoms with Crippen LogP contribution in [0.5, 0.6) is 0 Å². The van der Waals surface area contributed by atoms with Crippen molar-refractivity contribution >= 4 is 34.1 Å². The molecule has 0 unspecified atom stereocenters. The maximum absolute atomic E-state index is 12.2. The van der Waals surface area contributed by atoms with E-state index in [2.05, 4.69) is 59.7 Å². The van der Waals surface area contributed by atoms with Crippen LogP contribution in [0.1, 0.15) is 21.7 Å². The first-order valence-corrected chi connectivity index (χ1v) is 9.76. The molecule has 0 atom stereocenters. The Bertz CT molecular complexity index is 862. The van der Waals surface area contributed by atoms with Crippen LogP contribution in [0, 0.1) is 13.8 Å². The van der Waals surface area contributed by atoms with Gasteiger partial charge in [0.2, 0.25) is 11.0 Å². The van der Waals surface area contributed by atoms with Crippen molar-refractivity contribution in [2.75, 3.05) is 11.1 Å². The molecule has 1 N–H and O–H groups in total. The van der Waals surface area contributed by atoms with Gasteiger partial charge in [0.1, 0.15) is 5.01 Å². The molecule has 6 heteroatoms. The molecule has 0 radical (unpaired) electrons. The number of hydrogen-bond donors (Lipinski definition) is 1. The molecular formula is C19H19N3OS2. The van der Waals surface area contributed by atoms with Crippen LogP contribution in [0.2, 0.25) is 0 Å². The van der Waals surface area contributed by atoms with Gasteiger partial charge in [0.15, 0.2) is 0 Å². The van der Waals surface area contributed by atoms with Gasteiger partial charge in [0.05, 0.1) is 5.75 Å². The third kappa shape index (κ3) is 5.14. The zero-order valence-corrected chi connectivity index (χ0v) is 15.8. The summed E-state index contributed by atoms with van der Waals surface area (Å²) in [5.74, 6) is 0.297. The van der Waals surface area contributed by atoms with Gasteiger partial charge >= 0.3 is 0 Å². The first-order chi connectivity index (χ1) is 12.1. The second-order valence-electron chi connectivity index (χ2n) is 5.77. The minimum atomic E-state index is -0.0617. The lowest BCUT2D eigenvalue weighted by molar-refractivity contribution is -0.113. The molecule has 0 fully saturated rings. The summed E-state index contributed by atoms with van der Waals surface area (Å²) in [5.41, 5.74) is 3.56. The molecule has 1 amide bonds. The third-order valence-corrected chi connectivity index (χ3v) is 5.61. The Hall–Kier alpha value is -2.18. The van der Waals surface area contributed by atoms with E-state index in [0.717, 1.165) is 16.3 Å². The summed E-state index contributed by atoms with van der Waals surface area (Å²) in [4.78, 5) is 13.3. The van der Waals surface area contributed by atoms with E-state index in [1.54, 1.807) is 11.8 Å². The monoisotopic (exact) mass is 369 g/mol. The fourth-order valence-electron chi connectivity index (χ4n) is 2.31. The van der Waals surface area contributed by atoms with Gasteiger partial charge in [-0.1, -0.05) is 59.4 Å². The van der Waals surface area contributed by atoms with Crippen LogP contribution in [0.15, 0.2) is 53.4 Å². The van der Waals surface area contributed by atoms with E-state index in [1.807, 2.05) is 18.2 Å². The summed E-state index contributed by atoms with van der Waals surface area (Å²) in [6.07, 6.45) is 0.728. The van der Waals surface area contributed by atoms with E-state index < -0.39 is 0 Å². The average Bonchev–Trinajstić information content (AvgIpc) is 3.03. The van der Waals surface area contributed by atoms with Gasteiger partial charge in [0, 0.05) is 11.3 Å². The molecule has 0 aliphatic carbocycles. The molecule has 128 valence electrons. The van der Waals surface area contributed by atoms with E-state index in [-0.39, 0.29) is 5.91 Å². The highest BCUT2D eigenvalue weighted by molar-refractivity contribution is 8.00. The van der Waals surface area contributed by atoms with Gasteiger partial charge in [-0.25, -0.2) is 0 Å². The maximum Gasteiger partial charge on any atom is 0.236 e. The molecule has 0 spiro atoms. The van der Waals surface area contributed by atoms with Crippen LogP contribution in [-0.4, -0.2) is 21.9 Å². The number of nitrogens with one attached hydrogen (secondary N) is 1. The zero-order chi connectivity index (χ0) is 17.6. The summed E-state index contributed by atoms with van der Waals surface area (Å²) in [7, 11) is 0. The van der Waals surface area contributed by atoms with Crippen molar-refractivity contribution < 1.29 is 4.79 Å². The Morgan fingerprint density at radius 2 is 1.92 bits per heavy atom. The molecule has 0 aliphatic rings. The van der Waals surface area contributed by atoms with E-state index in [0.29, 0.717) is 10.9 Å². The van der Waals surface area contributed by atoms with Crippen molar-refractivity contribution in [3.8, 4) is 0 Å². The number of thioether (sulfide) groups is 1. The molecule has 0 bridgehead atoms. The summed E-state index contributed by atoms with van der Waals surface area (Å²) in [6.45, 7) is 4.11. The van der Waals surface area contributed by atoms with Crippen molar-refractivity contribution in [1.29, 1.82) is 0 Å². The number of hydrogen-bond acceptors (Lipinski definition) is 5. The van der Waals surface area contributed by atoms with E-state index >= 15 is 0 Å². The summed E-state index contributed by atoms with van der Waals surface area (Å²) in [5, 5.41) is 12.5. The Labute approximate surface area is 155 Å². The van der Waals surface area contributed by atoms with E-state index in [9.17, 15) is 4.79 Å². The minimum Gasteiger partial charge on any atom is -0.300 e. The number of carbonyl (C=O) groups is 1. The van der Waals surface area contributed by atoms with Gasteiger partial charge in [0.25, 0.3) is 0 Å². The van der Waals surface area contributed by atoms with Gasteiger partial charge in [-0.15, -0.1) is 22.0 Å². The van der Waals surface area contributed by atoms with Crippen LogP contribution in [0.25, 0.3) is 0 Å². The van der Waals surface area contributed by atoms with Crippen molar-refractivity contribution in [3.05, 3.63) is 70.2 Å². The smallest absolute Gasteiger partial charge is 0.236 e. The Kier molecular flexibility index (Phi) is 5.83. The van der Waals surface area contributed by atoms with Crippen molar-refractivity contribution in [1.82, 2.24) is 10.2 Å². The molecule has 2 aromatic carbocycles. The summed E-state index contributed by atoms with van der Waals surface area (Å²) in [6, 6.07) is 16.4. The summed E-state index contributed by atoms with van der Waals surface area (Å²) < 4.78 is 0. The minimum absolute atomic E-state index is 0.0617. The van der Waals surface area contributed by atoms with Crippen molar-refractivity contribution in [3.63, 3.8) is 0 Å². The fourth-order valence-corrected chi connectivity index (χ4v) is 4.02. The molecule has 25 heavy (non-hydrogen) atoms. The number of amides is 1. The van der Waals surface area contributed by atoms with Gasteiger partial charge < -0.3 is 0 Å². The van der Waals surface area contributed by atoms with Crippen LogP contribution >= 0.6 is 23.1 Å². The predicted octanol–water partition coefficient (Wildman–Crippen LogP) is 4.48. The zero-order valence-electron chi connectivity index (χ0n) is 14.2. The number of aryl methyl sites for hydroxylation is 2. The molecule has 0 saturated heterocycles. The molecule has 4 nitrogen and oxygen atoms in total. The van der Waals surface area contributed by atoms with Crippen LogP contribution in [0.3, 0.4) is 0 Å². The quantitative estimate of drug-likeness (QED) is 0.651. The van der Waals surface area contributed by atoms with Gasteiger partial charge in [-0.05, 0) is 31.0 Å². The van der Waals surface area contributed by atoms with Gasteiger partial charge in [-0.3, -0.25) is 10.1 Å². The Morgan fingerprint density at radius 1 is 1.12 bits per heavy atom. The Balaban J connectivity index is 1.54. The van der Waals surface area contributed by atoms with Crippen molar-refractivity contribution in [2.24, 2.45) is 0 Å². The number of benzene rings is 2. The first-order valence-electron chi connectivity index (χ1n) is 7.96. The van der Waals surface area contributed by atoms with E-state index in [1.165, 1.54) is 28.0 Å². The lowest BCUT2D eigenvalue weighted by atomic mass is 10.2. The average molecular weight is 370 g/mol. The lowest BCUT2D eigenvalue weighted by Gasteiger charge is -2.06. The second-order valence-corrected chi connectivity index (χ2v) is 7.85. The fraction of sp³-hybridized carbons (Fsp3) is 0.211. The van der Waals surface area contributed by atoms with E-state index in [4.69, 9.17) is 0 Å². The van der Waals surface area contributed by atoms with Crippen LogP contribution < -0.4 is 5.32 Å². The number of rotatable bonds is 6. The van der Waals surface area contributed by atoms with Crippen molar-refractivity contribution in [2.45, 2.75) is 25.2 Å². The second kappa shape index (κ2) is 8.27. The SMILES string of the molecule is Cc1ccc(C)c(SCC(=O)Nc2nnc(Cc3ccccc3)s2)c1. The predicted molar refractivity (Wildman–Crippen MR) is 104 cm³/mol. The molecular weight excluding hydrogens is 350 g/mol. The molecule has 1 heterocycles. The maximum atomic E-state index is 12.2. The molecule has 0 saturated carbocycles. The third-order valence-electron chi connectivity index (χ3n) is 3.61. The normalized spacial score (nSPS) is 10.6.